The SMILES string of the molecule is CCC(NC)C(=O)C(C)C. The van der Waals surface area contributed by atoms with Crippen LogP contribution in [0.4, 0.5) is 0 Å². The van der Waals surface area contributed by atoms with Crippen LogP contribution in [0.1, 0.15) is 27.2 Å². The van der Waals surface area contributed by atoms with Gasteiger partial charge in [-0.2, -0.15) is 0 Å². The number of rotatable bonds is 4. The fourth-order valence-electron chi connectivity index (χ4n) is 0.950. The lowest BCUT2D eigenvalue weighted by Gasteiger charge is -2.14. The third-order valence-corrected chi connectivity index (χ3v) is 1.67. The van der Waals surface area contributed by atoms with Gasteiger partial charge >= 0.3 is 0 Å². The molecule has 0 aliphatic carbocycles. The van der Waals surface area contributed by atoms with Gasteiger partial charge in [-0.15, -0.1) is 0 Å². The van der Waals surface area contributed by atoms with Crippen molar-refractivity contribution < 1.29 is 4.79 Å². The molecule has 0 aliphatic rings. The van der Waals surface area contributed by atoms with Gasteiger partial charge in [0, 0.05) is 5.92 Å². The van der Waals surface area contributed by atoms with E-state index in [9.17, 15) is 4.79 Å². The van der Waals surface area contributed by atoms with Gasteiger partial charge in [0.15, 0.2) is 5.78 Å². The average molecular weight is 143 g/mol. The molecule has 0 bridgehead atoms. The summed E-state index contributed by atoms with van der Waals surface area (Å²) < 4.78 is 0. The summed E-state index contributed by atoms with van der Waals surface area (Å²) >= 11 is 0. The van der Waals surface area contributed by atoms with Crippen molar-refractivity contribution in [2.45, 2.75) is 33.2 Å². The largest absolute Gasteiger partial charge is 0.311 e. The van der Waals surface area contributed by atoms with Crippen LogP contribution in [0.5, 0.6) is 0 Å². The van der Waals surface area contributed by atoms with E-state index in [1.165, 1.54) is 0 Å². The van der Waals surface area contributed by atoms with Crippen molar-refractivity contribution in [3.05, 3.63) is 0 Å². The maximum atomic E-state index is 11.2. The Hall–Kier alpha value is -0.370. The van der Waals surface area contributed by atoms with Crippen molar-refractivity contribution in [2.75, 3.05) is 7.05 Å². The number of Topliss-reactive ketones (excluding diaryl/α,β-unsaturated/α-hetero) is 1. The van der Waals surface area contributed by atoms with Crippen LogP contribution in [-0.2, 0) is 4.79 Å². The average Bonchev–Trinajstić information content (AvgIpc) is 1.90. The Morgan fingerprint density at radius 3 is 2.10 bits per heavy atom. The number of likely N-dealkylation sites (N-methyl/N-ethyl adjacent to an activating group) is 1. The third kappa shape index (κ3) is 2.48. The number of hydrogen-bond acceptors (Lipinski definition) is 2. The van der Waals surface area contributed by atoms with E-state index < -0.39 is 0 Å². The van der Waals surface area contributed by atoms with Crippen molar-refractivity contribution in [1.82, 2.24) is 5.32 Å². The Morgan fingerprint density at radius 2 is 2.00 bits per heavy atom. The van der Waals surface area contributed by atoms with Crippen LogP contribution in [0.3, 0.4) is 0 Å². The zero-order valence-electron chi connectivity index (χ0n) is 7.27. The summed E-state index contributed by atoms with van der Waals surface area (Å²) in [6.45, 7) is 5.88. The summed E-state index contributed by atoms with van der Waals surface area (Å²) in [5.74, 6) is 0.461. The zero-order chi connectivity index (χ0) is 8.15. The van der Waals surface area contributed by atoms with Crippen LogP contribution in [0.2, 0.25) is 0 Å². The molecule has 0 aromatic carbocycles. The molecule has 0 amide bonds. The Morgan fingerprint density at radius 1 is 1.50 bits per heavy atom. The molecule has 1 N–H and O–H groups in total. The smallest absolute Gasteiger partial charge is 0.152 e. The van der Waals surface area contributed by atoms with Crippen molar-refractivity contribution >= 4 is 5.78 Å². The maximum absolute atomic E-state index is 11.2. The first kappa shape index (κ1) is 9.63. The molecule has 1 unspecified atom stereocenters. The van der Waals surface area contributed by atoms with Gasteiger partial charge in [-0.1, -0.05) is 20.8 Å². The molecule has 0 heterocycles. The number of ketones is 1. The lowest BCUT2D eigenvalue weighted by Crippen LogP contribution is -2.35. The van der Waals surface area contributed by atoms with Crippen molar-refractivity contribution in [2.24, 2.45) is 5.92 Å². The molecule has 2 heteroatoms. The van der Waals surface area contributed by atoms with Crippen LogP contribution in [0.15, 0.2) is 0 Å². The highest BCUT2D eigenvalue weighted by atomic mass is 16.1. The minimum Gasteiger partial charge on any atom is -0.311 e. The third-order valence-electron chi connectivity index (χ3n) is 1.67. The van der Waals surface area contributed by atoms with Crippen LogP contribution in [-0.4, -0.2) is 18.9 Å². The molecule has 0 fully saturated rings. The molecule has 0 saturated heterocycles. The van der Waals surface area contributed by atoms with E-state index in [1.54, 1.807) is 0 Å². The molecule has 0 spiro atoms. The Balaban J connectivity index is 3.89. The second kappa shape index (κ2) is 4.45. The molecule has 10 heavy (non-hydrogen) atoms. The van der Waals surface area contributed by atoms with Crippen LogP contribution >= 0.6 is 0 Å². The minimum absolute atomic E-state index is 0.0556. The van der Waals surface area contributed by atoms with Gasteiger partial charge in [0.25, 0.3) is 0 Å². The monoisotopic (exact) mass is 143 g/mol. The second-order valence-electron chi connectivity index (χ2n) is 2.81. The summed E-state index contributed by atoms with van der Waals surface area (Å²) in [5.41, 5.74) is 0. The standard InChI is InChI=1S/C8H17NO/c1-5-7(9-4)8(10)6(2)3/h6-7,9H,5H2,1-4H3. The van der Waals surface area contributed by atoms with E-state index in [0.717, 1.165) is 6.42 Å². The van der Waals surface area contributed by atoms with Crippen LogP contribution in [0, 0.1) is 5.92 Å². The van der Waals surface area contributed by atoms with Gasteiger partial charge in [-0.05, 0) is 13.5 Å². The highest BCUT2D eigenvalue weighted by molar-refractivity contribution is 5.85. The quantitative estimate of drug-likeness (QED) is 0.641. The summed E-state index contributed by atoms with van der Waals surface area (Å²) in [5, 5.41) is 2.98. The normalized spacial score (nSPS) is 13.7. The summed E-state index contributed by atoms with van der Waals surface area (Å²) in [6, 6.07) is 0.0556. The van der Waals surface area contributed by atoms with Gasteiger partial charge in [-0.25, -0.2) is 0 Å². The lowest BCUT2D eigenvalue weighted by molar-refractivity contribution is -0.123. The van der Waals surface area contributed by atoms with Gasteiger partial charge in [0.2, 0.25) is 0 Å². The van der Waals surface area contributed by atoms with Gasteiger partial charge in [0.05, 0.1) is 6.04 Å². The Kier molecular flexibility index (Phi) is 4.28. The van der Waals surface area contributed by atoms with E-state index in [2.05, 4.69) is 5.32 Å². The zero-order valence-corrected chi connectivity index (χ0v) is 7.27. The summed E-state index contributed by atoms with van der Waals surface area (Å²) in [6.07, 6.45) is 0.882. The van der Waals surface area contributed by atoms with E-state index in [4.69, 9.17) is 0 Å². The van der Waals surface area contributed by atoms with E-state index >= 15 is 0 Å². The first-order valence-electron chi connectivity index (χ1n) is 3.84. The molecule has 0 aliphatic heterocycles. The predicted octanol–water partition coefficient (Wildman–Crippen LogP) is 1.21. The first-order valence-corrected chi connectivity index (χ1v) is 3.84. The van der Waals surface area contributed by atoms with Crippen LogP contribution in [0.25, 0.3) is 0 Å². The number of carbonyl (C=O) groups excluding carboxylic acids is 1. The number of nitrogens with one attached hydrogen (secondary N) is 1. The minimum atomic E-state index is 0.0556. The second-order valence-corrected chi connectivity index (χ2v) is 2.81. The Bertz CT molecular complexity index is 106. The molecular formula is C8H17NO. The van der Waals surface area contributed by atoms with Gasteiger partial charge < -0.3 is 5.32 Å². The molecule has 0 aromatic rings. The highest BCUT2D eigenvalue weighted by Crippen LogP contribution is 2.01. The fraction of sp³-hybridized carbons (Fsp3) is 0.875. The molecule has 0 radical (unpaired) electrons. The van der Waals surface area contributed by atoms with Crippen molar-refractivity contribution in [3.8, 4) is 0 Å². The summed E-state index contributed by atoms with van der Waals surface area (Å²) in [4.78, 5) is 11.2. The fourth-order valence-corrected chi connectivity index (χ4v) is 0.950. The number of carbonyl (C=O) groups is 1. The highest BCUT2D eigenvalue weighted by Gasteiger charge is 2.16. The molecule has 0 saturated carbocycles. The van der Waals surface area contributed by atoms with Crippen molar-refractivity contribution in [3.63, 3.8) is 0 Å². The number of hydrogen-bond donors (Lipinski definition) is 1. The molecular weight excluding hydrogens is 126 g/mol. The topological polar surface area (TPSA) is 29.1 Å². The van der Waals surface area contributed by atoms with Gasteiger partial charge in [-0.3, -0.25) is 4.79 Å². The van der Waals surface area contributed by atoms with Crippen molar-refractivity contribution in [1.29, 1.82) is 0 Å². The van der Waals surface area contributed by atoms with E-state index in [1.807, 2.05) is 27.8 Å². The molecule has 0 rings (SSSR count). The van der Waals surface area contributed by atoms with Crippen LogP contribution < -0.4 is 5.32 Å². The maximum Gasteiger partial charge on any atom is 0.152 e. The predicted molar refractivity (Wildman–Crippen MR) is 43.0 cm³/mol. The molecule has 60 valence electrons. The molecule has 2 nitrogen and oxygen atoms in total. The lowest BCUT2D eigenvalue weighted by atomic mass is 10.0. The van der Waals surface area contributed by atoms with E-state index in [-0.39, 0.29) is 12.0 Å². The van der Waals surface area contributed by atoms with Gasteiger partial charge in [0.1, 0.15) is 0 Å². The van der Waals surface area contributed by atoms with E-state index in [0.29, 0.717) is 5.78 Å². The molecule has 1 atom stereocenters. The Labute approximate surface area is 63.0 Å². The summed E-state index contributed by atoms with van der Waals surface area (Å²) in [7, 11) is 1.83. The first-order chi connectivity index (χ1) is 4.63. The molecule has 0 aromatic heterocycles.